The fraction of sp³-hybridized carbons (Fsp3) is 0.421. The number of aryl methyl sites for hydroxylation is 1. The molecule has 0 bridgehead atoms. The van der Waals surface area contributed by atoms with E-state index in [9.17, 15) is 35.5 Å². The quantitative estimate of drug-likeness (QED) is 0.550. The Morgan fingerprint density at radius 1 is 1.18 bits per heavy atom. The number of fused-ring (bicyclic) bond motifs is 1. The molecule has 0 spiro atoms. The molecule has 178 valence electrons. The van der Waals surface area contributed by atoms with Gasteiger partial charge in [0.2, 0.25) is 5.95 Å². The molecule has 4 rings (SSSR count). The van der Waals surface area contributed by atoms with Crippen molar-refractivity contribution in [3.8, 4) is 17.0 Å². The number of phenolic OH excluding ortho intramolecular Hbond substituents is 1. The maximum atomic E-state index is 14.6. The maximum Gasteiger partial charge on any atom is 0.419 e. The van der Waals surface area contributed by atoms with E-state index in [4.69, 9.17) is 0 Å². The van der Waals surface area contributed by atoms with Crippen molar-refractivity contribution >= 4 is 26.8 Å². The van der Waals surface area contributed by atoms with Gasteiger partial charge in [0.1, 0.15) is 5.69 Å². The van der Waals surface area contributed by atoms with Gasteiger partial charge in [-0.1, -0.05) is 0 Å². The van der Waals surface area contributed by atoms with Crippen LogP contribution in [0.2, 0.25) is 0 Å². The number of aromatic hydroxyl groups is 1. The smallest absolute Gasteiger partial charge is 0.419 e. The molecule has 1 fully saturated rings. The maximum absolute atomic E-state index is 14.6. The number of nitrogens with zero attached hydrogens (tertiary/aromatic N) is 5. The average molecular weight is 491 g/mol. The van der Waals surface area contributed by atoms with Gasteiger partial charge in [-0.3, -0.25) is 0 Å². The molecule has 0 aliphatic carbocycles. The first-order valence-electron chi connectivity index (χ1n) is 9.59. The number of halogens is 5. The van der Waals surface area contributed by atoms with Crippen molar-refractivity contribution in [1.29, 1.82) is 0 Å². The lowest BCUT2D eigenvalue weighted by Gasteiger charge is -2.37. The standard InChI is InChI=1S/C19H18F5N5O3S/c1-18(2)8-29(4-5-33(18,31)32)17-25-7-10-14(27-28(3)16(10)26-17)9-6-11(19(22,23)24)13(21)15(30)12(9)20/h6-7,30H,4-5,8H2,1-3H3. The van der Waals surface area contributed by atoms with Crippen LogP contribution in [0.4, 0.5) is 27.9 Å². The molecule has 8 nitrogen and oxygen atoms in total. The fourth-order valence-corrected chi connectivity index (χ4v) is 5.06. The van der Waals surface area contributed by atoms with Gasteiger partial charge in [0, 0.05) is 31.9 Å². The second-order valence-corrected chi connectivity index (χ2v) is 11.1. The first-order chi connectivity index (χ1) is 15.1. The summed E-state index contributed by atoms with van der Waals surface area (Å²) >= 11 is 0. The van der Waals surface area contributed by atoms with Gasteiger partial charge in [-0.25, -0.2) is 26.9 Å². The highest BCUT2D eigenvalue weighted by atomic mass is 32.2. The third kappa shape index (κ3) is 3.65. The van der Waals surface area contributed by atoms with E-state index in [2.05, 4.69) is 15.1 Å². The Labute approximate surface area is 184 Å². The second-order valence-electron chi connectivity index (χ2n) is 8.33. The minimum absolute atomic E-state index is 0.0585. The molecule has 0 unspecified atom stereocenters. The lowest BCUT2D eigenvalue weighted by Crippen LogP contribution is -2.53. The minimum atomic E-state index is -5.18. The van der Waals surface area contributed by atoms with E-state index >= 15 is 0 Å². The summed E-state index contributed by atoms with van der Waals surface area (Å²) in [6.45, 7) is 3.41. The first kappa shape index (κ1) is 23.1. The van der Waals surface area contributed by atoms with Crippen molar-refractivity contribution in [3.05, 3.63) is 29.5 Å². The molecule has 0 atom stereocenters. The van der Waals surface area contributed by atoms with Crippen LogP contribution in [0, 0.1) is 11.6 Å². The molecular formula is C19H18F5N5O3S. The monoisotopic (exact) mass is 491 g/mol. The predicted octanol–water partition coefficient (Wildman–Crippen LogP) is 3.05. The molecular weight excluding hydrogens is 473 g/mol. The third-order valence-corrected chi connectivity index (χ3v) is 8.16. The van der Waals surface area contributed by atoms with E-state index in [0.29, 0.717) is 0 Å². The van der Waals surface area contributed by atoms with Crippen molar-refractivity contribution in [2.24, 2.45) is 7.05 Å². The summed E-state index contributed by atoms with van der Waals surface area (Å²) in [5.41, 5.74) is -2.81. The van der Waals surface area contributed by atoms with E-state index in [1.807, 2.05) is 0 Å². The minimum Gasteiger partial charge on any atom is -0.503 e. The molecule has 1 saturated heterocycles. The number of aromatic nitrogens is 4. The molecule has 14 heteroatoms. The van der Waals surface area contributed by atoms with Gasteiger partial charge in [-0.05, 0) is 19.9 Å². The highest BCUT2D eigenvalue weighted by molar-refractivity contribution is 7.92. The average Bonchev–Trinajstić information content (AvgIpc) is 3.03. The molecule has 1 aromatic carbocycles. The summed E-state index contributed by atoms with van der Waals surface area (Å²) in [5.74, 6) is -5.44. The Kier molecular flexibility index (Phi) is 5.07. The zero-order valence-corrected chi connectivity index (χ0v) is 18.4. The van der Waals surface area contributed by atoms with Crippen LogP contribution in [-0.4, -0.2) is 56.9 Å². The first-order valence-corrected chi connectivity index (χ1v) is 11.2. The molecule has 1 N–H and O–H groups in total. The van der Waals surface area contributed by atoms with Crippen LogP contribution in [-0.2, 0) is 23.1 Å². The number of hydrogen-bond acceptors (Lipinski definition) is 7. The summed E-state index contributed by atoms with van der Waals surface area (Å²) in [5, 5.41) is 13.7. The van der Waals surface area contributed by atoms with Crippen LogP contribution >= 0.6 is 0 Å². The SMILES string of the molecule is Cn1nc(-c2cc(C(F)(F)F)c(F)c(O)c2F)c2cnc(N3CCS(=O)(=O)C(C)(C)C3)nc21. The van der Waals surface area contributed by atoms with Crippen LogP contribution in [0.1, 0.15) is 19.4 Å². The summed E-state index contributed by atoms with van der Waals surface area (Å²) in [7, 11) is -1.90. The van der Waals surface area contributed by atoms with Gasteiger partial charge in [0.25, 0.3) is 0 Å². The third-order valence-electron chi connectivity index (χ3n) is 5.63. The van der Waals surface area contributed by atoms with Gasteiger partial charge >= 0.3 is 6.18 Å². The molecule has 0 amide bonds. The Hall–Kier alpha value is -3.03. The summed E-state index contributed by atoms with van der Waals surface area (Å²) in [4.78, 5) is 10.2. The van der Waals surface area contributed by atoms with Gasteiger partial charge in [0.05, 0.1) is 21.4 Å². The van der Waals surface area contributed by atoms with Gasteiger partial charge in [-0.15, -0.1) is 0 Å². The molecule has 3 heterocycles. The van der Waals surface area contributed by atoms with Gasteiger partial charge in [0.15, 0.2) is 32.9 Å². The highest BCUT2D eigenvalue weighted by Crippen LogP contribution is 2.41. The molecule has 1 aliphatic rings. The van der Waals surface area contributed by atoms with Gasteiger partial charge in [-0.2, -0.15) is 23.3 Å². The molecule has 0 radical (unpaired) electrons. The number of sulfone groups is 1. The van der Waals surface area contributed by atoms with E-state index in [-0.39, 0.29) is 47.6 Å². The number of alkyl halides is 3. The molecule has 2 aromatic heterocycles. The topological polar surface area (TPSA) is 101 Å². The number of anilines is 1. The highest BCUT2D eigenvalue weighted by Gasteiger charge is 2.41. The number of rotatable bonds is 2. The number of benzene rings is 1. The van der Waals surface area contributed by atoms with Crippen LogP contribution in [0.3, 0.4) is 0 Å². The Balaban J connectivity index is 1.83. The van der Waals surface area contributed by atoms with Crippen LogP contribution < -0.4 is 4.90 Å². The van der Waals surface area contributed by atoms with Crippen molar-refractivity contribution in [2.45, 2.75) is 24.8 Å². The largest absolute Gasteiger partial charge is 0.503 e. The van der Waals surface area contributed by atoms with Crippen molar-refractivity contribution in [2.75, 3.05) is 23.7 Å². The van der Waals surface area contributed by atoms with E-state index in [1.54, 1.807) is 18.7 Å². The second kappa shape index (κ2) is 7.23. The van der Waals surface area contributed by atoms with Crippen LogP contribution in [0.5, 0.6) is 5.75 Å². The summed E-state index contributed by atoms with van der Waals surface area (Å²) < 4.78 is 92.6. The van der Waals surface area contributed by atoms with Crippen molar-refractivity contribution in [1.82, 2.24) is 19.7 Å². The molecule has 1 aliphatic heterocycles. The van der Waals surface area contributed by atoms with E-state index in [1.165, 1.54) is 17.9 Å². The number of hydrogen-bond donors (Lipinski definition) is 1. The Morgan fingerprint density at radius 3 is 2.45 bits per heavy atom. The lowest BCUT2D eigenvalue weighted by molar-refractivity contribution is -0.140. The molecule has 33 heavy (non-hydrogen) atoms. The zero-order valence-electron chi connectivity index (χ0n) is 17.6. The molecule has 3 aromatic rings. The number of phenols is 1. The van der Waals surface area contributed by atoms with Crippen LogP contribution in [0.15, 0.2) is 12.3 Å². The predicted molar refractivity (Wildman–Crippen MR) is 108 cm³/mol. The van der Waals surface area contributed by atoms with Gasteiger partial charge < -0.3 is 10.0 Å². The lowest BCUT2D eigenvalue weighted by atomic mass is 10.0. The van der Waals surface area contributed by atoms with Crippen molar-refractivity contribution in [3.63, 3.8) is 0 Å². The fourth-order valence-electron chi connectivity index (χ4n) is 3.70. The van der Waals surface area contributed by atoms with E-state index < -0.39 is 49.3 Å². The van der Waals surface area contributed by atoms with Crippen LogP contribution in [0.25, 0.3) is 22.3 Å². The normalized spacial score (nSPS) is 18.1. The van der Waals surface area contributed by atoms with E-state index in [0.717, 1.165) is 0 Å². The Morgan fingerprint density at radius 2 is 1.85 bits per heavy atom. The Bertz CT molecular complexity index is 1380. The van der Waals surface area contributed by atoms with Crippen molar-refractivity contribution < 1.29 is 35.5 Å². The molecule has 0 saturated carbocycles. The zero-order chi connectivity index (χ0) is 24.5. The summed E-state index contributed by atoms with van der Waals surface area (Å²) in [6.07, 6.45) is -3.97. The summed E-state index contributed by atoms with van der Waals surface area (Å²) in [6, 6.07) is 0.234.